The van der Waals surface area contributed by atoms with E-state index >= 15 is 0 Å². The Morgan fingerprint density at radius 2 is 2.04 bits per heavy atom. The van der Waals surface area contributed by atoms with Crippen LogP contribution in [0.3, 0.4) is 0 Å². The van der Waals surface area contributed by atoms with Crippen molar-refractivity contribution in [3.8, 4) is 5.75 Å². The van der Waals surface area contributed by atoms with E-state index in [4.69, 9.17) is 22.1 Å². The number of carbonyl (C=O) groups is 1. The summed E-state index contributed by atoms with van der Waals surface area (Å²) in [5, 5.41) is 0.390. The highest BCUT2D eigenvalue weighted by atomic mass is 35.5. The maximum Gasteiger partial charge on any atom is 0.255 e. The second-order valence-electron chi connectivity index (χ2n) is 5.72. The highest BCUT2D eigenvalue weighted by Crippen LogP contribution is 2.33. The molecule has 1 aliphatic carbocycles. The topological polar surface area (TPSA) is 55.6 Å². The van der Waals surface area contributed by atoms with Crippen LogP contribution in [0.2, 0.25) is 5.02 Å². The number of hydrogen-bond donors (Lipinski definition) is 1. The molecule has 0 radical (unpaired) electrons. The average Bonchev–Trinajstić information content (AvgIpc) is 3.37. The van der Waals surface area contributed by atoms with Crippen LogP contribution in [-0.4, -0.2) is 24.0 Å². The van der Waals surface area contributed by atoms with Crippen molar-refractivity contribution in [2.75, 3.05) is 12.8 Å². The Kier molecular flexibility index (Phi) is 4.44. The molecule has 0 unspecified atom stereocenters. The van der Waals surface area contributed by atoms with Gasteiger partial charge < -0.3 is 15.4 Å². The molecular weight excluding hydrogens is 312 g/mol. The molecule has 23 heavy (non-hydrogen) atoms. The van der Waals surface area contributed by atoms with E-state index in [-0.39, 0.29) is 11.9 Å². The van der Waals surface area contributed by atoms with Crippen molar-refractivity contribution in [2.45, 2.75) is 25.4 Å². The van der Waals surface area contributed by atoms with Gasteiger partial charge in [0.25, 0.3) is 5.91 Å². The standard InChI is InChI=1S/C18H19ClN2O2/c1-23-17-5-3-2-4-12(17)11-21(14-7-8-14)18(22)15-9-6-13(20)10-16(15)19/h2-6,9-10,14H,7-8,11,20H2,1H3. The lowest BCUT2D eigenvalue weighted by atomic mass is 10.1. The monoisotopic (exact) mass is 330 g/mol. The first-order chi connectivity index (χ1) is 11.1. The number of nitrogen functional groups attached to an aromatic ring is 1. The van der Waals surface area contributed by atoms with Gasteiger partial charge in [-0.15, -0.1) is 0 Å². The lowest BCUT2D eigenvalue weighted by Crippen LogP contribution is -2.33. The molecule has 0 bridgehead atoms. The number of carbonyl (C=O) groups excluding carboxylic acids is 1. The number of benzene rings is 2. The Bertz CT molecular complexity index is 729. The summed E-state index contributed by atoms with van der Waals surface area (Å²) >= 11 is 6.20. The predicted octanol–water partition coefficient (Wildman–Crippen LogP) is 3.74. The lowest BCUT2D eigenvalue weighted by molar-refractivity contribution is 0.0729. The van der Waals surface area contributed by atoms with Crippen molar-refractivity contribution in [3.05, 3.63) is 58.6 Å². The van der Waals surface area contributed by atoms with Crippen molar-refractivity contribution in [1.82, 2.24) is 4.90 Å². The molecule has 0 atom stereocenters. The van der Waals surface area contributed by atoms with E-state index in [9.17, 15) is 4.79 Å². The highest BCUT2D eigenvalue weighted by molar-refractivity contribution is 6.34. The van der Waals surface area contributed by atoms with Crippen LogP contribution in [0.15, 0.2) is 42.5 Å². The fourth-order valence-electron chi connectivity index (χ4n) is 2.63. The van der Waals surface area contributed by atoms with Crippen LogP contribution in [0.1, 0.15) is 28.8 Å². The van der Waals surface area contributed by atoms with Crippen LogP contribution in [0.25, 0.3) is 0 Å². The number of anilines is 1. The third-order valence-corrected chi connectivity index (χ3v) is 4.32. The Morgan fingerprint density at radius 3 is 2.70 bits per heavy atom. The number of halogens is 1. The summed E-state index contributed by atoms with van der Waals surface area (Å²) in [5.41, 5.74) is 7.74. The van der Waals surface area contributed by atoms with Crippen LogP contribution >= 0.6 is 11.6 Å². The molecule has 5 heteroatoms. The minimum atomic E-state index is -0.0663. The number of amides is 1. The fourth-order valence-corrected chi connectivity index (χ4v) is 2.90. The fraction of sp³-hybridized carbons (Fsp3) is 0.278. The molecule has 0 spiro atoms. The molecule has 1 saturated carbocycles. The van der Waals surface area contributed by atoms with E-state index in [0.717, 1.165) is 24.2 Å². The highest BCUT2D eigenvalue weighted by Gasteiger charge is 2.34. The average molecular weight is 331 g/mol. The number of methoxy groups -OCH3 is 1. The minimum absolute atomic E-state index is 0.0663. The Hall–Kier alpha value is -2.20. The number of nitrogens with two attached hydrogens (primary N) is 1. The molecule has 0 aliphatic heterocycles. The molecule has 0 heterocycles. The zero-order chi connectivity index (χ0) is 16.4. The third kappa shape index (κ3) is 3.42. The zero-order valence-electron chi connectivity index (χ0n) is 13.0. The molecule has 4 nitrogen and oxygen atoms in total. The Balaban J connectivity index is 1.88. The molecule has 3 rings (SSSR count). The maximum absolute atomic E-state index is 12.9. The molecular formula is C18H19ClN2O2. The maximum atomic E-state index is 12.9. The molecule has 1 fully saturated rings. The quantitative estimate of drug-likeness (QED) is 0.850. The van der Waals surface area contributed by atoms with E-state index in [1.807, 2.05) is 29.2 Å². The summed E-state index contributed by atoms with van der Waals surface area (Å²) in [6.45, 7) is 0.508. The van der Waals surface area contributed by atoms with Crippen LogP contribution in [0.5, 0.6) is 5.75 Å². The van der Waals surface area contributed by atoms with Crippen LogP contribution in [-0.2, 0) is 6.54 Å². The van der Waals surface area contributed by atoms with Gasteiger partial charge in [-0.1, -0.05) is 29.8 Å². The largest absolute Gasteiger partial charge is 0.496 e. The summed E-state index contributed by atoms with van der Waals surface area (Å²) in [6.07, 6.45) is 2.04. The van der Waals surface area contributed by atoms with E-state index in [0.29, 0.717) is 22.8 Å². The normalized spacial score (nSPS) is 13.7. The molecule has 1 aliphatic rings. The molecule has 120 valence electrons. The summed E-state index contributed by atoms with van der Waals surface area (Å²) in [5.74, 6) is 0.720. The van der Waals surface area contributed by atoms with Gasteiger partial charge >= 0.3 is 0 Å². The number of rotatable bonds is 5. The van der Waals surface area contributed by atoms with Crippen molar-refractivity contribution in [1.29, 1.82) is 0 Å². The predicted molar refractivity (Wildman–Crippen MR) is 91.8 cm³/mol. The van der Waals surface area contributed by atoms with E-state index in [1.165, 1.54) is 0 Å². The van der Waals surface area contributed by atoms with Gasteiger partial charge in [0.15, 0.2) is 0 Å². The van der Waals surface area contributed by atoms with Crippen molar-refractivity contribution in [2.24, 2.45) is 0 Å². The summed E-state index contributed by atoms with van der Waals surface area (Å²) in [6, 6.07) is 13.0. The van der Waals surface area contributed by atoms with Crippen molar-refractivity contribution in [3.63, 3.8) is 0 Å². The van der Waals surface area contributed by atoms with Gasteiger partial charge in [-0.2, -0.15) is 0 Å². The SMILES string of the molecule is COc1ccccc1CN(C(=O)c1ccc(N)cc1Cl)C1CC1. The smallest absolute Gasteiger partial charge is 0.255 e. The Labute approximate surface area is 140 Å². The minimum Gasteiger partial charge on any atom is -0.496 e. The van der Waals surface area contributed by atoms with E-state index in [2.05, 4.69) is 0 Å². The van der Waals surface area contributed by atoms with Gasteiger partial charge in [-0.3, -0.25) is 4.79 Å². The Morgan fingerprint density at radius 1 is 1.30 bits per heavy atom. The first-order valence-electron chi connectivity index (χ1n) is 7.58. The van der Waals surface area contributed by atoms with Crippen LogP contribution < -0.4 is 10.5 Å². The van der Waals surface area contributed by atoms with E-state index in [1.54, 1.807) is 25.3 Å². The van der Waals surface area contributed by atoms with Gasteiger partial charge in [0, 0.05) is 23.8 Å². The molecule has 0 saturated heterocycles. The number of hydrogen-bond acceptors (Lipinski definition) is 3. The summed E-state index contributed by atoms with van der Waals surface area (Å²) < 4.78 is 5.39. The van der Waals surface area contributed by atoms with Gasteiger partial charge in [-0.05, 0) is 37.1 Å². The summed E-state index contributed by atoms with van der Waals surface area (Å²) in [7, 11) is 1.64. The molecule has 2 N–H and O–H groups in total. The molecule has 0 aromatic heterocycles. The van der Waals surface area contributed by atoms with Crippen LogP contribution in [0, 0.1) is 0 Å². The first-order valence-corrected chi connectivity index (χ1v) is 7.96. The van der Waals surface area contributed by atoms with Crippen LogP contribution in [0.4, 0.5) is 5.69 Å². The van der Waals surface area contributed by atoms with Gasteiger partial charge in [0.05, 0.1) is 17.7 Å². The zero-order valence-corrected chi connectivity index (χ0v) is 13.7. The van der Waals surface area contributed by atoms with Gasteiger partial charge in [0.2, 0.25) is 0 Å². The van der Waals surface area contributed by atoms with E-state index < -0.39 is 0 Å². The van der Waals surface area contributed by atoms with Crippen molar-refractivity contribution >= 4 is 23.2 Å². The molecule has 2 aromatic carbocycles. The van der Waals surface area contributed by atoms with Gasteiger partial charge in [0.1, 0.15) is 5.75 Å². The number of ether oxygens (including phenoxy) is 1. The molecule has 1 amide bonds. The second kappa shape index (κ2) is 6.50. The number of nitrogens with zero attached hydrogens (tertiary/aromatic N) is 1. The lowest BCUT2D eigenvalue weighted by Gasteiger charge is -2.24. The third-order valence-electron chi connectivity index (χ3n) is 4.01. The number of para-hydroxylation sites is 1. The van der Waals surface area contributed by atoms with Gasteiger partial charge in [-0.25, -0.2) is 0 Å². The molecule has 2 aromatic rings. The second-order valence-corrected chi connectivity index (χ2v) is 6.12. The van der Waals surface area contributed by atoms with Crippen molar-refractivity contribution < 1.29 is 9.53 Å². The first kappa shape index (κ1) is 15.7. The summed E-state index contributed by atoms with van der Waals surface area (Å²) in [4.78, 5) is 14.8.